The van der Waals surface area contributed by atoms with Crippen LogP contribution in [0.2, 0.25) is 0 Å². The van der Waals surface area contributed by atoms with E-state index in [1.807, 2.05) is 0 Å². The molecule has 2 saturated carbocycles. The van der Waals surface area contributed by atoms with Crippen LogP contribution >= 0.6 is 24.0 Å². The van der Waals surface area contributed by atoms with E-state index < -0.39 is 0 Å². The minimum Gasteiger partial charge on any atom is -0.356 e. The van der Waals surface area contributed by atoms with Gasteiger partial charge in [-0.3, -0.25) is 4.79 Å². The summed E-state index contributed by atoms with van der Waals surface area (Å²) < 4.78 is 0. The first-order chi connectivity index (χ1) is 10.5. The van der Waals surface area contributed by atoms with Crippen molar-refractivity contribution in [3.05, 3.63) is 0 Å². The van der Waals surface area contributed by atoms with Crippen LogP contribution in [0.1, 0.15) is 46.0 Å². The standard InChI is InChI=1S/C17H32N4O.HI/c1-12(2)7-8-18-17(19-11-16(22)21(3)4)20-15-10-13-5-6-14(15)9-13;/h12-15H,5-11H2,1-4H3,(H2,18,19,20);1H. The lowest BCUT2D eigenvalue weighted by Crippen LogP contribution is -2.46. The fraction of sp³-hybridized carbons (Fsp3) is 0.882. The maximum atomic E-state index is 11.8. The van der Waals surface area contributed by atoms with Gasteiger partial charge in [0.15, 0.2) is 5.96 Å². The SMILES string of the molecule is CC(C)CCNC(=NCC(=O)N(C)C)NC1CC2CCC1C2.I. The molecular formula is C17H33IN4O. The van der Waals surface area contributed by atoms with Crippen molar-refractivity contribution in [2.45, 2.75) is 52.0 Å². The molecule has 2 aliphatic rings. The first-order valence-corrected chi connectivity index (χ1v) is 8.70. The maximum Gasteiger partial charge on any atom is 0.243 e. The molecule has 2 rings (SSSR count). The average Bonchev–Trinajstić information content (AvgIpc) is 3.06. The molecular weight excluding hydrogens is 403 g/mol. The van der Waals surface area contributed by atoms with Crippen molar-refractivity contribution in [1.29, 1.82) is 0 Å². The monoisotopic (exact) mass is 436 g/mol. The Morgan fingerprint density at radius 1 is 1.26 bits per heavy atom. The molecule has 2 aliphatic carbocycles. The van der Waals surface area contributed by atoms with E-state index >= 15 is 0 Å². The van der Waals surface area contributed by atoms with Gasteiger partial charge in [-0.15, -0.1) is 24.0 Å². The van der Waals surface area contributed by atoms with Crippen LogP contribution in [0.3, 0.4) is 0 Å². The lowest BCUT2D eigenvalue weighted by molar-refractivity contribution is -0.127. The molecule has 3 unspecified atom stereocenters. The molecule has 0 radical (unpaired) electrons. The van der Waals surface area contributed by atoms with Crippen molar-refractivity contribution in [3.8, 4) is 0 Å². The smallest absolute Gasteiger partial charge is 0.243 e. The first-order valence-electron chi connectivity index (χ1n) is 8.70. The number of carbonyl (C=O) groups is 1. The van der Waals surface area contributed by atoms with Crippen molar-refractivity contribution in [2.24, 2.45) is 22.7 Å². The van der Waals surface area contributed by atoms with Crippen molar-refractivity contribution in [3.63, 3.8) is 0 Å². The number of carbonyl (C=O) groups excluding carboxylic acids is 1. The van der Waals surface area contributed by atoms with E-state index in [1.165, 1.54) is 25.7 Å². The van der Waals surface area contributed by atoms with Crippen LogP contribution in [0.4, 0.5) is 0 Å². The van der Waals surface area contributed by atoms with Crippen LogP contribution in [0.25, 0.3) is 0 Å². The molecule has 2 N–H and O–H groups in total. The summed E-state index contributed by atoms with van der Waals surface area (Å²) in [5.74, 6) is 3.22. The second-order valence-electron chi connectivity index (χ2n) is 7.49. The Balaban J connectivity index is 0.00000264. The number of likely N-dealkylation sites (N-methyl/N-ethyl adjacent to an activating group) is 1. The Labute approximate surface area is 158 Å². The highest BCUT2D eigenvalue weighted by molar-refractivity contribution is 14.0. The highest BCUT2D eigenvalue weighted by atomic mass is 127. The van der Waals surface area contributed by atoms with Gasteiger partial charge in [-0.25, -0.2) is 4.99 Å². The zero-order valence-electron chi connectivity index (χ0n) is 15.0. The summed E-state index contributed by atoms with van der Waals surface area (Å²) in [7, 11) is 3.54. The third-order valence-electron chi connectivity index (χ3n) is 4.95. The molecule has 0 aliphatic heterocycles. The summed E-state index contributed by atoms with van der Waals surface area (Å²) in [5.41, 5.74) is 0. The summed E-state index contributed by atoms with van der Waals surface area (Å²) in [6.07, 6.45) is 6.48. The molecule has 1 amide bonds. The van der Waals surface area contributed by atoms with E-state index in [2.05, 4.69) is 29.5 Å². The largest absolute Gasteiger partial charge is 0.356 e. The van der Waals surface area contributed by atoms with Gasteiger partial charge in [0, 0.05) is 26.7 Å². The van der Waals surface area contributed by atoms with Gasteiger partial charge in [0.1, 0.15) is 6.54 Å². The highest BCUT2D eigenvalue weighted by Gasteiger charge is 2.39. The molecule has 0 saturated heterocycles. The molecule has 2 fully saturated rings. The molecule has 0 aromatic rings. The second kappa shape index (κ2) is 9.69. The van der Waals surface area contributed by atoms with Crippen LogP contribution in [-0.2, 0) is 4.79 Å². The molecule has 2 bridgehead atoms. The number of halogens is 1. The topological polar surface area (TPSA) is 56.7 Å². The number of hydrogen-bond acceptors (Lipinski definition) is 2. The van der Waals surface area contributed by atoms with E-state index in [0.717, 1.165) is 30.8 Å². The van der Waals surface area contributed by atoms with E-state index in [4.69, 9.17) is 0 Å². The second-order valence-corrected chi connectivity index (χ2v) is 7.49. The van der Waals surface area contributed by atoms with Crippen molar-refractivity contribution < 1.29 is 4.79 Å². The van der Waals surface area contributed by atoms with Gasteiger partial charge < -0.3 is 15.5 Å². The maximum absolute atomic E-state index is 11.8. The van der Waals surface area contributed by atoms with Gasteiger partial charge in [0.05, 0.1) is 0 Å². The first kappa shape index (κ1) is 20.5. The van der Waals surface area contributed by atoms with E-state index in [0.29, 0.717) is 12.0 Å². The molecule has 23 heavy (non-hydrogen) atoms. The van der Waals surface area contributed by atoms with Crippen molar-refractivity contribution in [1.82, 2.24) is 15.5 Å². The number of nitrogens with one attached hydrogen (secondary N) is 2. The summed E-state index contributed by atoms with van der Waals surface area (Å²) in [5, 5.41) is 6.98. The minimum absolute atomic E-state index is 0. The Kier molecular flexibility index (Phi) is 8.64. The highest BCUT2D eigenvalue weighted by Crippen LogP contribution is 2.44. The van der Waals surface area contributed by atoms with Crippen LogP contribution in [0, 0.1) is 17.8 Å². The third-order valence-corrected chi connectivity index (χ3v) is 4.95. The Morgan fingerprint density at radius 3 is 2.52 bits per heavy atom. The lowest BCUT2D eigenvalue weighted by atomic mass is 9.95. The van der Waals surface area contributed by atoms with Crippen LogP contribution < -0.4 is 10.6 Å². The molecule has 134 valence electrons. The van der Waals surface area contributed by atoms with Crippen molar-refractivity contribution >= 4 is 35.8 Å². The van der Waals surface area contributed by atoms with Crippen LogP contribution in [-0.4, -0.2) is 50.0 Å². The Morgan fingerprint density at radius 2 is 2.00 bits per heavy atom. The predicted octanol–water partition coefficient (Wildman–Crippen LogP) is 2.46. The van der Waals surface area contributed by atoms with Crippen LogP contribution in [0.15, 0.2) is 4.99 Å². The number of rotatable bonds is 6. The quantitative estimate of drug-likeness (QED) is 0.382. The summed E-state index contributed by atoms with van der Waals surface area (Å²) in [6.45, 7) is 5.56. The van der Waals surface area contributed by atoms with E-state index in [9.17, 15) is 4.79 Å². The number of hydrogen-bond donors (Lipinski definition) is 2. The van der Waals surface area contributed by atoms with Gasteiger partial charge in [0.25, 0.3) is 0 Å². The number of aliphatic imine (C=N–C) groups is 1. The molecule has 6 heteroatoms. The molecule has 0 aromatic heterocycles. The summed E-state index contributed by atoms with van der Waals surface area (Å²) in [4.78, 5) is 17.8. The molecule has 5 nitrogen and oxygen atoms in total. The number of amides is 1. The molecule has 3 atom stereocenters. The van der Waals surface area contributed by atoms with Gasteiger partial charge in [-0.1, -0.05) is 20.3 Å². The Hall–Kier alpha value is -0.530. The van der Waals surface area contributed by atoms with Crippen LogP contribution in [0.5, 0.6) is 0 Å². The predicted molar refractivity (Wildman–Crippen MR) is 106 cm³/mol. The Bertz CT molecular complexity index is 411. The van der Waals surface area contributed by atoms with Gasteiger partial charge >= 0.3 is 0 Å². The average molecular weight is 436 g/mol. The van der Waals surface area contributed by atoms with Crippen molar-refractivity contribution in [2.75, 3.05) is 27.2 Å². The molecule has 0 aromatic carbocycles. The minimum atomic E-state index is 0. The van der Waals surface area contributed by atoms with Gasteiger partial charge in [-0.2, -0.15) is 0 Å². The van der Waals surface area contributed by atoms with Gasteiger partial charge in [0.2, 0.25) is 5.91 Å². The zero-order chi connectivity index (χ0) is 16.1. The lowest BCUT2D eigenvalue weighted by Gasteiger charge is -2.25. The zero-order valence-corrected chi connectivity index (χ0v) is 17.3. The number of guanidine groups is 1. The number of fused-ring (bicyclic) bond motifs is 2. The molecule has 0 spiro atoms. The van der Waals surface area contributed by atoms with Gasteiger partial charge in [-0.05, 0) is 43.4 Å². The van der Waals surface area contributed by atoms with E-state index in [-0.39, 0.29) is 36.4 Å². The fourth-order valence-electron chi connectivity index (χ4n) is 3.52. The number of nitrogens with zero attached hydrogens (tertiary/aromatic N) is 2. The molecule has 0 heterocycles. The summed E-state index contributed by atoms with van der Waals surface area (Å²) in [6, 6.07) is 0.540. The van der Waals surface area contributed by atoms with E-state index in [1.54, 1.807) is 19.0 Å². The summed E-state index contributed by atoms with van der Waals surface area (Å²) >= 11 is 0. The fourth-order valence-corrected chi connectivity index (χ4v) is 3.52. The normalized spacial score (nSPS) is 26.1. The third kappa shape index (κ3) is 6.47.